The Bertz CT molecular complexity index is 2150. The molecule has 5 rings (SSSR count). The number of ether oxygens (including phenoxy) is 1. The van der Waals surface area contributed by atoms with Crippen molar-refractivity contribution >= 4 is 61.8 Å². The van der Waals surface area contributed by atoms with Crippen molar-refractivity contribution in [1.82, 2.24) is 4.57 Å². The van der Waals surface area contributed by atoms with Gasteiger partial charge in [0.05, 0.1) is 18.5 Å². The van der Waals surface area contributed by atoms with Crippen molar-refractivity contribution in [3.8, 4) is 0 Å². The number of hydrogen-bond donors (Lipinski definition) is 0. The molecule has 0 fully saturated rings. The van der Waals surface area contributed by atoms with Gasteiger partial charge < -0.3 is 14.1 Å². The van der Waals surface area contributed by atoms with Gasteiger partial charge in [-0.1, -0.05) is 80.2 Å². The van der Waals surface area contributed by atoms with Gasteiger partial charge in [0.25, 0.3) is 0 Å². The molecule has 0 saturated carbocycles. The maximum Gasteiger partial charge on any atom is 0.331 e. The highest BCUT2D eigenvalue weighted by Crippen LogP contribution is 2.39. The Kier molecular flexibility index (Phi) is 11.9. The number of fused-ring (bicyclic) bond motifs is 5. The molecule has 1 unspecified atom stereocenters. The summed E-state index contributed by atoms with van der Waals surface area (Å²) in [6, 6.07) is 19.7. The number of unbranched alkanes of at least 4 members (excludes halogenated alkanes) is 1. The molecule has 0 N–H and O–H groups in total. The normalized spacial score (nSPS) is 12.4. The van der Waals surface area contributed by atoms with Gasteiger partial charge in [-0.3, -0.25) is 14.4 Å². The van der Waals surface area contributed by atoms with Gasteiger partial charge in [0.1, 0.15) is 5.71 Å². The molecule has 266 valence electrons. The Morgan fingerprint density at radius 2 is 1.53 bits per heavy atom. The second kappa shape index (κ2) is 16.3. The van der Waals surface area contributed by atoms with E-state index in [1.54, 1.807) is 13.0 Å². The van der Waals surface area contributed by atoms with Crippen molar-refractivity contribution in [2.75, 3.05) is 6.61 Å². The zero-order valence-electron chi connectivity index (χ0n) is 30.9. The Balaban J connectivity index is 1.76. The number of benzene rings is 4. The average Bonchev–Trinajstić information content (AvgIpc) is 3.41. The van der Waals surface area contributed by atoms with Crippen LogP contribution in [-0.4, -0.2) is 40.4 Å². The van der Waals surface area contributed by atoms with Gasteiger partial charge in [-0.2, -0.15) is 0 Å². The SMILES string of the molecule is CCCCC(CC)Cn1c2ccc(C(=O)/C(CCC(=O)OCC)=N/OC(C)=O)cc2c2cc(C(=O)c3c(C)cc(C)cc3C)c3ccccc3c21. The molecule has 0 aliphatic heterocycles. The second-order valence-electron chi connectivity index (χ2n) is 13.5. The van der Waals surface area contributed by atoms with E-state index in [2.05, 4.69) is 29.6 Å². The largest absolute Gasteiger partial charge is 0.466 e. The summed E-state index contributed by atoms with van der Waals surface area (Å²) >= 11 is 0. The summed E-state index contributed by atoms with van der Waals surface area (Å²) in [6.45, 7) is 14.3. The van der Waals surface area contributed by atoms with E-state index in [1.165, 1.54) is 6.92 Å². The van der Waals surface area contributed by atoms with E-state index < -0.39 is 17.7 Å². The Hall–Kier alpha value is -5.11. The molecule has 0 amide bonds. The molecule has 0 saturated heterocycles. The van der Waals surface area contributed by atoms with Crippen LogP contribution in [0.3, 0.4) is 0 Å². The smallest absolute Gasteiger partial charge is 0.331 e. The van der Waals surface area contributed by atoms with Gasteiger partial charge in [0.15, 0.2) is 5.78 Å². The molecular formula is C43H48N2O6. The lowest BCUT2D eigenvalue weighted by Gasteiger charge is -2.19. The lowest BCUT2D eigenvalue weighted by Crippen LogP contribution is -2.18. The molecule has 1 atom stereocenters. The van der Waals surface area contributed by atoms with E-state index >= 15 is 0 Å². The number of esters is 1. The van der Waals surface area contributed by atoms with E-state index in [-0.39, 0.29) is 30.9 Å². The summed E-state index contributed by atoms with van der Waals surface area (Å²) in [5.74, 6) is -1.21. The number of Topliss-reactive ketones (excluding diaryl/α,β-unsaturated/α-hetero) is 1. The summed E-state index contributed by atoms with van der Waals surface area (Å²) in [5, 5.41) is 7.41. The van der Waals surface area contributed by atoms with Crippen LogP contribution in [-0.2, 0) is 25.7 Å². The number of aryl methyl sites for hydroxylation is 3. The van der Waals surface area contributed by atoms with Crippen LogP contribution >= 0.6 is 0 Å². The van der Waals surface area contributed by atoms with Crippen molar-refractivity contribution in [1.29, 1.82) is 0 Å². The number of hydrogen-bond acceptors (Lipinski definition) is 7. The number of ketones is 2. The third-order valence-corrected chi connectivity index (χ3v) is 9.68. The lowest BCUT2D eigenvalue weighted by molar-refractivity contribution is -0.143. The van der Waals surface area contributed by atoms with Gasteiger partial charge in [-0.05, 0) is 80.8 Å². The number of nitrogens with zero attached hydrogens (tertiary/aromatic N) is 2. The van der Waals surface area contributed by atoms with Gasteiger partial charge >= 0.3 is 11.9 Å². The number of carbonyl (C=O) groups excluding carboxylic acids is 4. The molecular weight excluding hydrogens is 640 g/mol. The Morgan fingerprint density at radius 3 is 2.18 bits per heavy atom. The molecule has 8 heteroatoms. The maximum absolute atomic E-state index is 14.6. The van der Waals surface area contributed by atoms with E-state index in [0.717, 1.165) is 81.5 Å². The number of rotatable bonds is 15. The first kappa shape index (κ1) is 37.2. The van der Waals surface area contributed by atoms with Gasteiger partial charge in [0.2, 0.25) is 5.78 Å². The van der Waals surface area contributed by atoms with Crippen molar-refractivity contribution < 1.29 is 28.8 Å². The van der Waals surface area contributed by atoms with E-state index in [9.17, 15) is 19.2 Å². The van der Waals surface area contributed by atoms with E-state index in [4.69, 9.17) is 9.57 Å². The molecule has 0 aliphatic rings. The van der Waals surface area contributed by atoms with E-state index in [0.29, 0.717) is 22.6 Å². The minimum Gasteiger partial charge on any atom is -0.466 e. The predicted molar refractivity (Wildman–Crippen MR) is 204 cm³/mol. The fraction of sp³-hybridized carbons (Fsp3) is 0.372. The predicted octanol–water partition coefficient (Wildman–Crippen LogP) is 9.77. The third-order valence-electron chi connectivity index (χ3n) is 9.68. The molecule has 8 nitrogen and oxygen atoms in total. The van der Waals surface area contributed by atoms with Crippen LogP contribution in [0.15, 0.2) is 65.8 Å². The Labute approximate surface area is 299 Å². The van der Waals surface area contributed by atoms with Crippen LogP contribution < -0.4 is 0 Å². The summed E-state index contributed by atoms with van der Waals surface area (Å²) < 4.78 is 7.41. The minimum absolute atomic E-state index is 0.0413. The standard InChI is InChI=1S/C43H48N2O6/c1-8-11-14-30(9-2)25-45-38-19-17-31(42(48)37(44-51-29(7)46)18-20-39(47)50-10-3)23-34(38)35-24-36(32-15-12-13-16-33(32)41(35)45)43(49)40-27(5)21-26(4)22-28(40)6/h12-13,15-17,19,21-24,30H,8-11,14,18,20,25H2,1-7H3/b44-37+. The van der Waals surface area contributed by atoms with Gasteiger partial charge in [-0.15, -0.1) is 0 Å². The second-order valence-corrected chi connectivity index (χ2v) is 13.5. The van der Waals surface area contributed by atoms with Crippen LogP contribution in [0.25, 0.3) is 32.6 Å². The molecule has 0 radical (unpaired) electrons. The van der Waals surface area contributed by atoms with Crippen molar-refractivity contribution in [3.05, 3.63) is 94.0 Å². The zero-order valence-corrected chi connectivity index (χ0v) is 30.9. The van der Waals surface area contributed by atoms with Crippen molar-refractivity contribution in [2.45, 2.75) is 93.5 Å². The highest BCUT2D eigenvalue weighted by Gasteiger charge is 2.25. The number of oxime groups is 1. The van der Waals surface area contributed by atoms with Gasteiger partial charge in [0, 0.05) is 58.3 Å². The average molecular weight is 689 g/mol. The minimum atomic E-state index is -0.674. The first-order valence-electron chi connectivity index (χ1n) is 18.0. The van der Waals surface area contributed by atoms with Crippen LogP contribution in [0.5, 0.6) is 0 Å². The summed E-state index contributed by atoms with van der Waals surface area (Å²) in [7, 11) is 0. The zero-order chi connectivity index (χ0) is 36.8. The summed E-state index contributed by atoms with van der Waals surface area (Å²) in [4.78, 5) is 57.2. The Morgan fingerprint density at radius 1 is 0.824 bits per heavy atom. The van der Waals surface area contributed by atoms with Crippen molar-refractivity contribution in [2.24, 2.45) is 11.1 Å². The molecule has 1 heterocycles. The molecule has 51 heavy (non-hydrogen) atoms. The van der Waals surface area contributed by atoms with Gasteiger partial charge in [-0.25, -0.2) is 4.79 Å². The van der Waals surface area contributed by atoms with Crippen molar-refractivity contribution in [3.63, 3.8) is 0 Å². The molecule has 0 aliphatic carbocycles. The fourth-order valence-corrected chi connectivity index (χ4v) is 7.27. The first-order valence-corrected chi connectivity index (χ1v) is 18.0. The molecule has 0 spiro atoms. The third kappa shape index (κ3) is 7.95. The molecule has 0 bridgehead atoms. The molecule has 4 aromatic carbocycles. The van der Waals surface area contributed by atoms with E-state index in [1.807, 2.05) is 69.3 Å². The number of carbonyl (C=O) groups is 4. The highest BCUT2D eigenvalue weighted by atomic mass is 16.7. The van der Waals surface area contributed by atoms with Crippen LogP contribution in [0.2, 0.25) is 0 Å². The van der Waals surface area contributed by atoms with Crippen LogP contribution in [0.1, 0.15) is 109 Å². The lowest BCUT2D eigenvalue weighted by atomic mass is 9.89. The molecule has 1 aromatic heterocycles. The monoisotopic (exact) mass is 688 g/mol. The summed E-state index contributed by atoms with van der Waals surface area (Å²) in [5.41, 5.74) is 6.52. The fourth-order valence-electron chi connectivity index (χ4n) is 7.27. The molecule has 5 aromatic rings. The topological polar surface area (TPSA) is 104 Å². The number of aromatic nitrogens is 1. The summed E-state index contributed by atoms with van der Waals surface area (Å²) in [6.07, 6.45) is 4.23. The van der Waals surface area contributed by atoms with Crippen LogP contribution in [0, 0.1) is 26.7 Å². The van der Waals surface area contributed by atoms with Crippen LogP contribution in [0.4, 0.5) is 0 Å². The first-order chi connectivity index (χ1) is 24.5. The highest BCUT2D eigenvalue weighted by molar-refractivity contribution is 6.46. The maximum atomic E-state index is 14.6. The quantitative estimate of drug-likeness (QED) is 0.0357.